The minimum Gasteiger partial charge on any atom is -0.469 e. The van der Waals surface area contributed by atoms with Crippen LogP contribution in [0.4, 0.5) is 4.39 Å². The Morgan fingerprint density at radius 1 is 1.16 bits per heavy atom. The molecule has 7 heteroatoms. The van der Waals surface area contributed by atoms with Gasteiger partial charge in [0.15, 0.2) is 11.6 Å². The number of nitrogens with one attached hydrogen (secondary N) is 1. The van der Waals surface area contributed by atoms with E-state index in [2.05, 4.69) is 26.0 Å². The predicted octanol–water partition coefficient (Wildman–Crippen LogP) is 4.06. The van der Waals surface area contributed by atoms with Crippen molar-refractivity contribution in [2.24, 2.45) is 0 Å². The first-order valence-electron chi connectivity index (χ1n) is 7.57. The fourth-order valence-corrected chi connectivity index (χ4v) is 2.26. The van der Waals surface area contributed by atoms with E-state index in [-0.39, 0.29) is 23.7 Å². The van der Waals surface area contributed by atoms with Gasteiger partial charge in [-0.05, 0) is 48.9 Å². The number of esters is 1. The summed E-state index contributed by atoms with van der Waals surface area (Å²) in [6, 6.07) is 11.0. The molecule has 1 amide bonds. The van der Waals surface area contributed by atoms with Crippen LogP contribution in [0.5, 0.6) is 11.5 Å². The van der Waals surface area contributed by atoms with E-state index < -0.39 is 11.7 Å². The fourth-order valence-electron chi connectivity index (χ4n) is 1.99. The maximum atomic E-state index is 14.1. The molecule has 132 valence electrons. The Bertz CT molecular complexity index is 749. The summed E-state index contributed by atoms with van der Waals surface area (Å²) in [7, 11) is 1.31. The molecular weight excluding hydrogens is 393 g/mol. The number of halogens is 2. The van der Waals surface area contributed by atoms with Crippen molar-refractivity contribution in [3.8, 4) is 11.5 Å². The van der Waals surface area contributed by atoms with E-state index in [0.29, 0.717) is 18.7 Å². The number of ether oxygens (including phenoxy) is 2. The zero-order valence-electron chi connectivity index (χ0n) is 13.6. The largest absolute Gasteiger partial charge is 0.469 e. The minimum atomic E-state index is -0.634. The molecule has 0 aliphatic rings. The number of benzene rings is 2. The molecule has 5 nitrogen and oxygen atoms in total. The SMILES string of the molecule is COC(=O)CCCNC(=O)c1ccc(Oc2ccc(Br)cc2)c(F)c1. The lowest BCUT2D eigenvalue weighted by Gasteiger charge is -2.09. The summed E-state index contributed by atoms with van der Waals surface area (Å²) in [4.78, 5) is 23.0. The lowest BCUT2D eigenvalue weighted by molar-refractivity contribution is -0.140. The average molecular weight is 410 g/mol. The van der Waals surface area contributed by atoms with Crippen LogP contribution < -0.4 is 10.1 Å². The second-order valence-electron chi connectivity index (χ2n) is 5.14. The second-order valence-corrected chi connectivity index (χ2v) is 6.05. The maximum absolute atomic E-state index is 14.1. The molecule has 0 saturated heterocycles. The summed E-state index contributed by atoms with van der Waals surface area (Å²) < 4.78 is 25.0. The van der Waals surface area contributed by atoms with Crippen molar-refractivity contribution >= 4 is 27.8 Å². The highest BCUT2D eigenvalue weighted by atomic mass is 79.9. The van der Waals surface area contributed by atoms with Crippen LogP contribution in [0.2, 0.25) is 0 Å². The first-order chi connectivity index (χ1) is 12.0. The average Bonchev–Trinajstić information content (AvgIpc) is 2.61. The molecule has 0 aliphatic carbocycles. The van der Waals surface area contributed by atoms with Gasteiger partial charge >= 0.3 is 5.97 Å². The quantitative estimate of drug-likeness (QED) is 0.552. The summed E-state index contributed by atoms with van der Waals surface area (Å²) >= 11 is 3.31. The summed E-state index contributed by atoms with van der Waals surface area (Å²) in [5.74, 6) is -0.870. The van der Waals surface area contributed by atoms with Gasteiger partial charge < -0.3 is 14.8 Å². The Labute approximate surface area is 153 Å². The Morgan fingerprint density at radius 3 is 2.52 bits per heavy atom. The number of carbonyl (C=O) groups excluding carboxylic acids is 2. The van der Waals surface area contributed by atoms with Crippen molar-refractivity contribution < 1.29 is 23.5 Å². The van der Waals surface area contributed by atoms with Gasteiger partial charge in [0.05, 0.1) is 7.11 Å². The molecule has 2 aromatic carbocycles. The third kappa shape index (κ3) is 5.86. The second kappa shape index (κ2) is 9.17. The molecular formula is C18H17BrFNO4. The number of amides is 1. The van der Waals surface area contributed by atoms with E-state index >= 15 is 0 Å². The topological polar surface area (TPSA) is 64.6 Å². The van der Waals surface area contributed by atoms with Crippen LogP contribution in [0.1, 0.15) is 23.2 Å². The zero-order valence-corrected chi connectivity index (χ0v) is 15.1. The van der Waals surface area contributed by atoms with E-state index in [4.69, 9.17) is 4.74 Å². The van der Waals surface area contributed by atoms with Crippen molar-refractivity contribution in [1.29, 1.82) is 0 Å². The van der Waals surface area contributed by atoms with E-state index in [1.807, 2.05) is 0 Å². The summed E-state index contributed by atoms with van der Waals surface area (Å²) in [6.07, 6.45) is 0.663. The van der Waals surface area contributed by atoms with Crippen LogP contribution in [0.25, 0.3) is 0 Å². The highest BCUT2D eigenvalue weighted by Gasteiger charge is 2.11. The van der Waals surface area contributed by atoms with E-state index in [0.717, 1.165) is 10.5 Å². The fraction of sp³-hybridized carbons (Fsp3) is 0.222. The van der Waals surface area contributed by atoms with Crippen molar-refractivity contribution in [2.75, 3.05) is 13.7 Å². The van der Waals surface area contributed by atoms with E-state index in [9.17, 15) is 14.0 Å². The molecule has 25 heavy (non-hydrogen) atoms. The molecule has 0 heterocycles. The van der Waals surface area contributed by atoms with Gasteiger partial charge in [-0.3, -0.25) is 9.59 Å². The Balaban J connectivity index is 1.92. The third-order valence-electron chi connectivity index (χ3n) is 3.31. The van der Waals surface area contributed by atoms with E-state index in [1.54, 1.807) is 24.3 Å². The summed E-state index contributed by atoms with van der Waals surface area (Å²) in [5, 5.41) is 2.62. The van der Waals surface area contributed by atoms with Crippen LogP contribution in [0.15, 0.2) is 46.9 Å². The molecule has 2 rings (SSSR count). The van der Waals surface area contributed by atoms with Gasteiger partial charge in [0.2, 0.25) is 0 Å². The van der Waals surface area contributed by atoms with Gasteiger partial charge in [0.25, 0.3) is 5.91 Å². The van der Waals surface area contributed by atoms with Crippen LogP contribution in [0, 0.1) is 5.82 Å². The molecule has 0 unspecified atom stereocenters. The maximum Gasteiger partial charge on any atom is 0.305 e. The van der Waals surface area contributed by atoms with Gasteiger partial charge in [0, 0.05) is 23.0 Å². The molecule has 2 aromatic rings. The molecule has 0 spiro atoms. The summed E-state index contributed by atoms with van der Waals surface area (Å²) in [5.41, 5.74) is 0.179. The molecule has 0 fully saturated rings. The van der Waals surface area contributed by atoms with Crippen LogP contribution in [0.3, 0.4) is 0 Å². The third-order valence-corrected chi connectivity index (χ3v) is 3.84. The van der Waals surface area contributed by atoms with Crippen molar-refractivity contribution in [3.63, 3.8) is 0 Å². The standard InChI is InChI=1S/C18H17BrFNO4/c1-24-17(22)3-2-10-21-18(23)12-4-9-16(15(20)11-12)25-14-7-5-13(19)6-8-14/h4-9,11H,2-3,10H2,1H3,(H,21,23). The molecule has 0 aromatic heterocycles. The van der Waals surface area contributed by atoms with Gasteiger partial charge in [-0.15, -0.1) is 0 Å². The van der Waals surface area contributed by atoms with Crippen LogP contribution >= 0.6 is 15.9 Å². The Hall–Kier alpha value is -2.41. The highest BCUT2D eigenvalue weighted by Crippen LogP contribution is 2.26. The van der Waals surface area contributed by atoms with Crippen LogP contribution in [-0.2, 0) is 9.53 Å². The molecule has 0 bridgehead atoms. The number of hydrogen-bond donors (Lipinski definition) is 1. The molecule has 0 saturated carbocycles. The zero-order chi connectivity index (χ0) is 18.2. The molecule has 0 atom stereocenters. The lowest BCUT2D eigenvalue weighted by Crippen LogP contribution is -2.25. The minimum absolute atomic E-state index is 0.0320. The number of methoxy groups -OCH3 is 1. The van der Waals surface area contributed by atoms with Crippen molar-refractivity contribution in [1.82, 2.24) is 5.32 Å². The van der Waals surface area contributed by atoms with E-state index in [1.165, 1.54) is 19.2 Å². The number of carbonyl (C=O) groups is 2. The van der Waals surface area contributed by atoms with Gasteiger partial charge in [-0.25, -0.2) is 4.39 Å². The van der Waals surface area contributed by atoms with Crippen molar-refractivity contribution in [3.05, 3.63) is 58.3 Å². The molecule has 1 N–H and O–H groups in total. The first kappa shape index (κ1) is 18.9. The number of rotatable bonds is 7. The monoisotopic (exact) mass is 409 g/mol. The lowest BCUT2D eigenvalue weighted by atomic mass is 10.2. The van der Waals surface area contributed by atoms with Gasteiger partial charge in [-0.2, -0.15) is 0 Å². The summed E-state index contributed by atoms with van der Waals surface area (Å²) in [6.45, 7) is 0.298. The van der Waals surface area contributed by atoms with Crippen LogP contribution in [-0.4, -0.2) is 25.5 Å². The highest BCUT2D eigenvalue weighted by molar-refractivity contribution is 9.10. The van der Waals surface area contributed by atoms with Crippen molar-refractivity contribution in [2.45, 2.75) is 12.8 Å². The van der Waals surface area contributed by atoms with Gasteiger partial charge in [0.1, 0.15) is 5.75 Å². The molecule has 0 radical (unpaired) electrons. The first-order valence-corrected chi connectivity index (χ1v) is 8.37. The van der Waals surface area contributed by atoms with Gasteiger partial charge in [-0.1, -0.05) is 15.9 Å². The Kier molecular flexibility index (Phi) is 6.94. The molecule has 0 aliphatic heterocycles. The normalized spacial score (nSPS) is 10.2. The predicted molar refractivity (Wildman–Crippen MR) is 94.2 cm³/mol. The Morgan fingerprint density at radius 2 is 1.88 bits per heavy atom. The number of hydrogen-bond acceptors (Lipinski definition) is 4. The smallest absolute Gasteiger partial charge is 0.305 e.